The molecule has 17 heavy (non-hydrogen) atoms. The van der Waals surface area contributed by atoms with Gasteiger partial charge in [0.25, 0.3) is 0 Å². The van der Waals surface area contributed by atoms with E-state index >= 15 is 0 Å². The SMILES string of the molecule is CC(Br)C(=O)c1c(C#N)cccc1CC(=O)O. The highest BCUT2D eigenvalue weighted by atomic mass is 79.9. The Hall–Kier alpha value is -1.67. The largest absolute Gasteiger partial charge is 0.481 e. The van der Waals surface area contributed by atoms with Gasteiger partial charge in [-0.15, -0.1) is 0 Å². The van der Waals surface area contributed by atoms with Crippen LogP contribution in [0.15, 0.2) is 18.2 Å². The summed E-state index contributed by atoms with van der Waals surface area (Å²) in [5.74, 6) is -1.31. The van der Waals surface area contributed by atoms with Crippen molar-refractivity contribution in [1.29, 1.82) is 5.26 Å². The molecule has 1 aromatic rings. The van der Waals surface area contributed by atoms with E-state index in [0.717, 1.165) is 0 Å². The molecule has 0 saturated heterocycles. The molecule has 0 amide bonds. The lowest BCUT2D eigenvalue weighted by Gasteiger charge is -2.10. The van der Waals surface area contributed by atoms with Gasteiger partial charge in [-0.05, 0) is 18.6 Å². The van der Waals surface area contributed by atoms with Crippen LogP contribution in [0.5, 0.6) is 0 Å². The minimum atomic E-state index is -1.03. The Labute approximate surface area is 107 Å². The first kappa shape index (κ1) is 13.4. The number of aliphatic carboxylic acids is 1. The van der Waals surface area contributed by atoms with Crippen LogP contribution in [0.2, 0.25) is 0 Å². The predicted molar refractivity (Wildman–Crippen MR) is 65.2 cm³/mol. The van der Waals surface area contributed by atoms with Crippen molar-refractivity contribution in [2.75, 3.05) is 0 Å². The summed E-state index contributed by atoms with van der Waals surface area (Å²) in [5.41, 5.74) is 0.773. The number of carboxylic acids is 1. The molecule has 88 valence electrons. The summed E-state index contributed by atoms with van der Waals surface area (Å²) in [7, 11) is 0. The Bertz CT molecular complexity index is 503. The van der Waals surface area contributed by atoms with Crippen molar-refractivity contribution in [3.05, 3.63) is 34.9 Å². The second-order valence-corrected chi connectivity index (χ2v) is 4.88. The Morgan fingerprint density at radius 3 is 2.65 bits per heavy atom. The Morgan fingerprint density at radius 2 is 2.18 bits per heavy atom. The number of alkyl halides is 1. The van der Waals surface area contributed by atoms with E-state index in [9.17, 15) is 9.59 Å². The lowest BCUT2D eigenvalue weighted by molar-refractivity contribution is -0.136. The van der Waals surface area contributed by atoms with E-state index in [-0.39, 0.29) is 23.3 Å². The van der Waals surface area contributed by atoms with Gasteiger partial charge in [-0.3, -0.25) is 9.59 Å². The van der Waals surface area contributed by atoms with Crippen LogP contribution in [0.25, 0.3) is 0 Å². The number of nitrogens with zero attached hydrogens (tertiary/aromatic N) is 1. The van der Waals surface area contributed by atoms with Crippen molar-refractivity contribution >= 4 is 27.7 Å². The second-order valence-electron chi connectivity index (χ2n) is 3.50. The van der Waals surface area contributed by atoms with Gasteiger partial charge in [0.2, 0.25) is 0 Å². The van der Waals surface area contributed by atoms with Gasteiger partial charge >= 0.3 is 5.97 Å². The first-order valence-electron chi connectivity index (χ1n) is 4.89. The number of carbonyl (C=O) groups is 2. The van der Waals surface area contributed by atoms with Crippen LogP contribution < -0.4 is 0 Å². The standard InChI is InChI=1S/C12H10BrNO3/c1-7(13)12(17)11-8(5-10(15)16)3-2-4-9(11)6-14/h2-4,7H,5H2,1H3,(H,15,16). The minimum Gasteiger partial charge on any atom is -0.481 e. The summed E-state index contributed by atoms with van der Waals surface area (Å²) in [4.78, 5) is 22.2. The number of halogens is 1. The fourth-order valence-corrected chi connectivity index (χ4v) is 1.72. The van der Waals surface area contributed by atoms with Gasteiger partial charge in [0.15, 0.2) is 5.78 Å². The number of Topliss-reactive ketones (excluding diaryl/α,β-unsaturated/α-hetero) is 1. The number of hydrogen-bond donors (Lipinski definition) is 1. The maximum atomic E-state index is 11.9. The summed E-state index contributed by atoms with van der Waals surface area (Å²) < 4.78 is 0. The zero-order valence-corrected chi connectivity index (χ0v) is 10.7. The summed E-state index contributed by atoms with van der Waals surface area (Å²) in [6.07, 6.45) is -0.268. The maximum Gasteiger partial charge on any atom is 0.307 e. The van der Waals surface area contributed by atoms with E-state index in [1.54, 1.807) is 19.1 Å². The first-order chi connectivity index (χ1) is 7.97. The summed E-state index contributed by atoms with van der Waals surface area (Å²) >= 11 is 3.13. The van der Waals surface area contributed by atoms with Gasteiger partial charge in [-0.2, -0.15) is 5.26 Å². The number of benzene rings is 1. The smallest absolute Gasteiger partial charge is 0.307 e. The Kier molecular flexibility index (Phi) is 4.41. The summed E-state index contributed by atoms with van der Waals surface area (Å²) in [6.45, 7) is 1.64. The lowest BCUT2D eigenvalue weighted by Crippen LogP contribution is -2.16. The third-order valence-corrected chi connectivity index (χ3v) is 2.64. The van der Waals surface area contributed by atoms with E-state index in [2.05, 4.69) is 15.9 Å². The average molecular weight is 296 g/mol. The second kappa shape index (κ2) is 5.60. The molecule has 0 heterocycles. The average Bonchev–Trinajstić information content (AvgIpc) is 2.26. The van der Waals surface area contributed by atoms with Crippen LogP contribution in [-0.4, -0.2) is 21.7 Å². The highest BCUT2D eigenvalue weighted by Crippen LogP contribution is 2.19. The maximum absolute atomic E-state index is 11.9. The Balaban J connectivity index is 3.36. The molecular formula is C12H10BrNO3. The van der Waals surface area contributed by atoms with Gasteiger partial charge in [0.1, 0.15) is 0 Å². The number of nitriles is 1. The van der Waals surface area contributed by atoms with Crippen molar-refractivity contribution in [3.8, 4) is 6.07 Å². The molecule has 0 fully saturated rings. The zero-order chi connectivity index (χ0) is 13.0. The van der Waals surface area contributed by atoms with Crippen molar-refractivity contribution in [2.24, 2.45) is 0 Å². The molecular weight excluding hydrogens is 286 g/mol. The molecule has 0 saturated carbocycles. The molecule has 1 atom stereocenters. The number of ketones is 1. The molecule has 0 aliphatic carbocycles. The molecule has 1 unspecified atom stereocenters. The first-order valence-corrected chi connectivity index (χ1v) is 5.81. The molecule has 1 aromatic carbocycles. The zero-order valence-electron chi connectivity index (χ0n) is 9.11. The van der Waals surface area contributed by atoms with Crippen LogP contribution in [0.1, 0.15) is 28.4 Å². The van der Waals surface area contributed by atoms with Crippen LogP contribution >= 0.6 is 15.9 Å². The van der Waals surface area contributed by atoms with Crippen LogP contribution in [0.4, 0.5) is 0 Å². The van der Waals surface area contributed by atoms with Crippen molar-refractivity contribution in [1.82, 2.24) is 0 Å². The van der Waals surface area contributed by atoms with Gasteiger partial charge in [0, 0.05) is 5.56 Å². The molecule has 0 aliphatic rings. The summed E-state index contributed by atoms with van der Waals surface area (Å²) in [5, 5.41) is 17.7. The van der Waals surface area contributed by atoms with Gasteiger partial charge in [-0.25, -0.2) is 0 Å². The molecule has 0 radical (unpaired) electrons. The summed E-state index contributed by atoms with van der Waals surface area (Å²) in [6, 6.07) is 6.55. The highest BCUT2D eigenvalue weighted by molar-refractivity contribution is 9.10. The Morgan fingerprint density at radius 1 is 1.53 bits per heavy atom. The van der Waals surface area contributed by atoms with E-state index in [4.69, 9.17) is 10.4 Å². The van der Waals surface area contributed by atoms with Crippen LogP contribution in [0, 0.1) is 11.3 Å². The quantitative estimate of drug-likeness (QED) is 0.682. The third kappa shape index (κ3) is 3.14. The molecule has 1 N–H and O–H groups in total. The molecule has 0 aliphatic heterocycles. The molecule has 0 aromatic heterocycles. The molecule has 5 heteroatoms. The predicted octanol–water partition coefficient (Wildman–Crippen LogP) is 2.15. The van der Waals surface area contributed by atoms with Crippen molar-refractivity contribution in [2.45, 2.75) is 18.2 Å². The van der Waals surface area contributed by atoms with Gasteiger partial charge < -0.3 is 5.11 Å². The van der Waals surface area contributed by atoms with Crippen LogP contribution in [0.3, 0.4) is 0 Å². The third-order valence-electron chi connectivity index (χ3n) is 2.22. The van der Waals surface area contributed by atoms with E-state index in [1.807, 2.05) is 6.07 Å². The topological polar surface area (TPSA) is 78.2 Å². The van der Waals surface area contributed by atoms with Crippen LogP contribution in [-0.2, 0) is 11.2 Å². The van der Waals surface area contributed by atoms with Crippen molar-refractivity contribution in [3.63, 3.8) is 0 Å². The normalized spacial score (nSPS) is 11.6. The van der Waals surface area contributed by atoms with Gasteiger partial charge in [-0.1, -0.05) is 28.1 Å². The molecule has 0 spiro atoms. The van der Waals surface area contributed by atoms with Gasteiger partial charge in [0.05, 0.1) is 22.9 Å². The molecule has 4 nitrogen and oxygen atoms in total. The fourth-order valence-electron chi connectivity index (χ4n) is 1.49. The number of carbonyl (C=O) groups excluding carboxylic acids is 1. The van der Waals surface area contributed by atoms with E-state index in [1.165, 1.54) is 6.07 Å². The minimum absolute atomic E-state index is 0.196. The number of rotatable bonds is 4. The highest BCUT2D eigenvalue weighted by Gasteiger charge is 2.20. The monoisotopic (exact) mass is 295 g/mol. The van der Waals surface area contributed by atoms with E-state index in [0.29, 0.717) is 5.56 Å². The lowest BCUT2D eigenvalue weighted by atomic mass is 9.95. The number of hydrogen-bond acceptors (Lipinski definition) is 3. The molecule has 0 bridgehead atoms. The molecule has 1 rings (SSSR count). The van der Waals surface area contributed by atoms with E-state index < -0.39 is 10.8 Å². The number of carboxylic acid groups (broad SMARTS) is 1. The van der Waals surface area contributed by atoms with Crippen molar-refractivity contribution < 1.29 is 14.7 Å². The fraction of sp³-hybridized carbons (Fsp3) is 0.250.